The molecule has 0 radical (unpaired) electrons. The quantitative estimate of drug-likeness (QED) is 0.732. The van der Waals surface area contributed by atoms with Crippen LogP contribution in [0.4, 0.5) is 4.39 Å². The Bertz CT molecular complexity index is 289. The Morgan fingerprint density at radius 3 is 2.87 bits per heavy atom. The molecule has 1 rings (SSSR count). The monoisotopic (exact) mass is 210 g/mol. The molecular formula is C12H19FN2. The molecule has 0 saturated heterocycles. The number of hydrogen-bond acceptors (Lipinski definition) is 2. The fraction of sp³-hybridized carbons (Fsp3) is 0.583. The molecule has 84 valence electrons. The van der Waals surface area contributed by atoms with Crippen LogP contribution in [0.2, 0.25) is 0 Å². The maximum atomic E-state index is 13.3. The number of rotatable bonds is 6. The molecule has 0 aromatic carbocycles. The Balaban J connectivity index is 2.40. The predicted molar refractivity (Wildman–Crippen MR) is 59.9 cm³/mol. The molecule has 1 aromatic rings. The molecule has 0 aliphatic heterocycles. The Morgan fingerprint density at radius 1 is 1.40 bits per heavy atom. The first kappa shape index (κ1) is 12.1. The van der Waals surface area contributed by atoms with Crippen LogP contribution in [0.15, 0.2) is 18.3 Å². The highest BCUT2D eigenvalue weighted by atomic mass is 19.1. The molecule has 0 saturated carbocycles. The standard InChI is InChI=1S/C12H19FN2/c1-2-3-4-5-8-11(14)12-10(13)7-6-9-15-12/h6-7,9,11H,2-5,8,14H2,1H3. The molecule has 15 heavy (non-hydrogen) atoms. The van der Waals surface area contributed by atoms with Gasteiger partial charge in [0.05, 0.1) is 5.69 Å². The van der Waals surface area contributed by atoms with Gasteiger partial charge in [-0.25, -0.2) is 4.39 Å². The lowest BCUT2D eigenvalue weighted by atomic mass is 10.0. The van der Waals surface area contributed by atoms with E-state index in [4.69, 9.17) is 5.73 Å². The van der Waals surface area contributed by atoms with Crippen molar-refractivity contribution in [3.63, 3.8) is 0 Å². The van der Waals surface area contributed by atoms with Crippen LogP contribution in [-0.4, -0.2) is 4.98 Å². The lowest BCUT2D eigenvalue weighted by Gasteiger charge is -2.11. The van der Waals surface area contributed by atoms with Gasteiger partial charge in [-0.1, -0.05) is 32.6 Å². The van der Waals surface area contributed by atoms with Crippen molar-refractivity contribution >= 4 is 0 Å². The van der Waals surface area contributed by atoms with Crippen molar-refractivity contribution in [3.8, 4) is 0 Å². The normalized spacial score (nSPS) is 12.7. The summed E-state index contributed by atoms with van der Waals surface area (Å²) in [5.74, 6) is -0.291. The van der Waals surface area contributed by atoms with Crippen molar-refractivity contribution in [1.82, 2.24) is 4.98 Å². The second-order valence-corrected chi connectivity index (χ2v) is 3.83. The van der Waals surface area contributed by atoms with Crippen LogP contribution >= 0.6 is 0 Å². The summed E-state index contributed by atoms with van der Waals surface area (Å²) in [6.07, 6.45) is 7.03. The number of aromatic nitrogens is 1. The van der Waals surface area contributed by atoms with Crippen molar-refractivity contribution in [2.45, 2.75) is 45.1 Å². The zero-order valence-electron chi connectivity index (χ0n) is 9.25. The Morgan fingerprint density at radius 2 is 2.20 bits per heavy atom. The van der Waals surface area contributed by atoms with E-state index in [1.165, 1.54) is 25.3 Å². The molecule has 0 bridgehead atoms. The van der Waals surface area contributed by atoms with E-state index in [0.717, 1.165) is 12.8 Å². The predicted octanol–water partition coefficient (Wildman–Crippen LogP) is 3.19. The van der Waals surface area contributed by atoms with E-state index in [1.54, 1.807) is 12.3 Å². The summed E-state index contributed by atoms with van der Waals surface area (Å²) in [7, 11) is 0. The van der Waals surface area contributed by atoms with Gasteiger partial charge < -0.3 is 5.73 Å². The summed E-state index contributed by atoms with van der Waals surface area (Å²) >= 11 is 0. The molecule has 0 fully saturated rings. The van der Waals surface area contributed by atoms with Gasteiger partial charge in [0.1, 0.15) is 5.82 Å². The minimum atomic E-state index is -0.291. The Hall–Kier alpha value is -0.960. The van der Waals surface area contributed by atoms with Crippen LogP contribution in [0.1, 0.15) is 50.8 Å². The SMILES string of the molecule is CCCCCCC(N)c1ncccc1F. The molecule has 0 spiro atoms. The van der Waals surface area contributed by atoms with Crippen molar-refractivity contribution in [2.24, 2.45) is 5.73 Å². The molecule has 0 aliphatic carbocycles. The topological polar surface area (TPSA) is 38.9 Å². The van der Waals surface area contributed by atoms with Gasteiger partial charge in [0.2, 0.25) is 0 Å². The molecule has 1 atom stereocenters. The third-order valence-electron chi connectivity index (χ3n) is 2.51. The third-order valence-corrected chi connectivity index (χ3v) is 2.51. The van der Waals surface area contributed by atoms with E-state index in [0.29, 0.717) is 5.69 Å². The average Bonchev–Trinajstić information content (AvgIpc) is 2.25. The van der Waals surface area contributed by atoms with Gasteiger partial charge in [-0.05, 0) is 18.6 Å². The van der Waals surface area contributed by atoms with E-state index >= 15 is 0 Å². The van der Waals surface area contributed by atoms with E-state index in [1.807, 2.05) is 0 Å². The zero-order valence-corrected chi connectivity index (χ0v) is 9.25. The van der Waals surface area contributed by atoms with E-state index in [-0.39, 0.29) is 11.9 Å². The minimum absolute atomic E-state index is 0.261. The Kier molecular flexibility index (Phi) is 5.26. The van der Waals surface area contributed by atoms with Gasteiger partial charge >= 0.3 is 0 Å². The summed E-state index contributed by atoms with van der Waals surface area (Å²) in [5, 5.41) is 0. The first-order valence-corrected chi connectivity index (χ1v) is 5.61. The first-order valence-electron chi connectivity index (χ1n) is 5.61. The summed E-state index contributed by atoms with van der Waals surface area (Å²) in [6.45, 7) is 2.17. The largest absolute Gasteiger partial charge is 0.323 e. The third kappa shape index (κ3) is 3.96. The lowest BCUT2D eigenvalue weighted by molar-refractivity contribution is 0.518. The van der Waals surface area contributed by atoms with Crippen LogP contribution in [0.25, 0.3) is 0 Å². The maximum absolute atomic E-state index is 13.3. The Labute approximate surface area is 90.7 Å². The van der Waals surface area contributed by atoms with Gasteiger partial charge in [-0.2, -0.15) is 0 Å². The number of hydrogen-bond donors (Lipinski definition) is 1. The van der Waals surface area contributed by atoms with Crippen molar-refractivity contribution in [1.29, 1.82) is 0 Å². The first-order chi connectivity index (χ1) is 7.25. The lowest BCUT2D eigenvalue weighted by Crippen LogP contribution is -2.13. The van der Waals surface area contributed by atoms with Crippen LogP contribution in [-0.2, 0) is 0 Å². The summed E-state index contributed by atoms with van der Waals surface area (Å²) in [4.78, 5) is 3.98. The number of nitrogens with two attached hydrogens (primary N) is 1. The molecule has 2 nitrogen and oxygen atoms in total. The molecule has 1 heterocycles. The van der Waals surface area contributed by atoms with Crippen molar-refractivity contribution in [2.75, 3.05) is 0 Å². The van der Waals surface area contributed by atoms with Gasteiger partial charge in [-0.3, -0.25) is 4.98 Å². The molecule has 1 unspecified atom stereocenters. The highest BCUT2D eigenvalue weighted by Gasteiger charge is 2.11. The van der Waals surface area contributed by atoms with Gasteiger partial charge in [-0.15, -0.1) is 0 Å². The van der Waals surface area contributed by atoms with Crippen molar-refractivity contribution in [3.05, 3.63) is 29.8 Å². The molecule has 0 aliphatic rings. The smallest absolute Gasteiger partial charge is 0.146 e. The van der Waals surface area contributed by atoms with Crippen LogP contribution in [0.3, 0.4) is 0 Å². The highest BCUT2D eigenvalue weighted by Crippen LogP contribution is 2.17. The van der Waals surface area contributed by atoms with Gasteiger partial charge in [0, 0.05) is 12.2 Å². The number of pyridine rings is 1. The van der Waals surface area contributed by atoms with E-state index in [9.17, 15) is 4.39 Å². The fourth-order valence-electron chi connectivity index (χ4n) is 1.60. The van der Waals surface area contributed by atoms with Crippen LogP contribution in [0, 0.1) is 5.82 Å². The summed E-state index contributed by atoms with van der Waals surface area (Å²) in [5.41, 5.74) is 6.27. The summed E-state index contributed by atoms with van der Waals surface area (Å²) < 4.78 is 13.3. The number of halogens is 1. The van der Waals surface area contributed by atoms with E-state index in [2.05, 4.69) is 11.9 Å². The highest BCUT2D eigenvalue weighted by molar-refractivity contribution is 5.10. The minimum Gasteiger partial charge on any atom is -0.323 e. The van der Waals surface area contributed by atoms with Gasteiger partial charge in [0.15, 0.2) is 0 Å². The molecular weight excluding hydrogens is 191 g/mol. The molecule has 3 heteroatoms. The van der Waals surface area contributed by atoms with Gasteiger partial charge in [0.25, 0.3) is 0 Å². The molecule has 2 N–H and O–H groups in total. The second-order valence-electron chi connectivity index (χ2n) is 3.83. The number of nitrogens with zero attached hydrogens (tertiary/aromatic N) is 1. The number of unbranched alkanes of at least 4 members (excludes halogenated alkanes) is 3. The molecule has 0 amide bonds. The molecule has 1 aromatic heterocycles. The second kappa shape index (κ2) is 6.51. The van der Waals surface area contributed by atoms with Crippen LogP contribution in [0.5, 0.6) is 0 Å². The fourth-order valence-corrected chi connectivity index (χ4v) is 1.60. The average molecular weight is 210 g/mol. The zero-order chi connectivity index (χ0) is 11.1. The van der Waals surface area contributed by atoms with Crippen LogP contribution < -0.4 is 5.73 Å². The summed E-state index contributed by atoms with van der Waals surface area (Å²) in [6, 6.07) is 2.74. The van der Waals surface area contributed by atoms with Crippen molar-refractivity contribution < 1.29 is 4.39 Å². The van der Waals surface area contributed by atoms with E-state index < -0.39 is 0 Å². The maximum Gasteiger partial charge on any atom is 0.146 e.